The first kappa shape index (κ1) is 18.3. The van der Waals surface area contributed by atoms with Crippen LogP contribution in [0.1, 0.15) is 38.5 Å². The Balaban J connectivity index is 1.31. The van der Waals surface area contributed by atoms with Crippen molar-refractivity contribution in [3.05, 3.63) is 0 Å². The summed E-state index contributed by atoms with van der Waals surface area (Å²) in [6.45, 7) is 4.27. The van der Waals surface area contributed by atoms with Crippen LogP contribution in [-0.4, -0.2) is 84.2 Å². The molecule has 7 heteroatoms. The third-order valence-electron chi connectivity index (χ3n) is 7.25. The molecular formula is C20H33N3O4. The van der Waals surface area contributed by atoms with Gasteiger partial charge in [0.1, 0.15) is 6.10 Å². The minimum Gasteiger partial charge on any atom is -0.390 e. The van der Waals surface area contributed by atoms with Gasteiger partial charge in [-0.2, -0.15) is 0 Å². The summed E-state index contributed by atoms with van der Waals surface area (Å²) in [6, 6.07) is -0.132. The van der Waals surface area contributed by atoms with Crippen LogP contribution in [0.5, 0.6) is 0 Å². The van der Waals surface area contributed by atoms with Crippen molar-refractivity contribution in [2.24, 2.45) is 23.5 Å². The molecule has 3 heterocycles. The minimum atomic E-state index is -0.473. The highest BCUT2D eigenvalue weighted by Gasteiger charge is 2.54. The fourth-order valence-electron chi connectivity index (χ4n) is 5.29. The second-order valence-corrected chi connectivity index (χ2v) is 9.40. The lowest BCUT2D eigenvalue weighted by Gasteiger charge is -2.48. The third-order valence-corrected chi connectivity index (χ3v) is 7.25. The number of aliphatic hydroxyl groups is 1. The molecule has 0 aromatic rings. The van der Waals surface area contributed by atoms with Crippen LogP contribution in [0, 0.1) is 17.8 Å². The van der Waals surface area contributed by atoms with Crippen molar-refractivity contribution in [2.45, 2.75) is 69.1 Å². The van der Waals surface area contributed by atoms with Crippen LogP contribution in [0.15, 0.2) is 0 Å². The molecule has 27 heavy (non-hydrogen) atoms. The van der Waals surface area contributed by atoms with E-state index in [0.717, 1.165) is 50.9 Å². The maximum atomic E-state index is 11.5. The number of amides is 1. The van der Waals surface area contributed by atoms with E-state index in [1.165, 1.54) is 25.7 Å². The summed E-state index contributed by atoms with van der Waals surface area (Å²) in [7, 11) is 0. The zero-order valence-electron chi connectivity index (χ0n) is 16.0. The molecule has 152 valence electrons. The molecule has 7 nitrogen and oxygen atoms in total. The van der Waals surface area contributed by atoms with E-state index in [1.807, 2.05) is 0 Å². The molecule has 2 bridgehead atoms. The van der Waals surface area contributed by atoms with Crippen molar-refractivity contribution in [2.75, 3.05) is 32.8 Å². The Morgan fingerprint density at radius 3 is 2.26 bits per heavy atom. The van der Waals surface area contributed by atoms with Gasteiger partial charge in [-0.3, -0.25) is 14.6 Å². The summed E-state index contributed by atoms with van der Waals surface area (Å²) in [4.78, 5) is 16.3. The first-order valence-corrected chi connectivity index (χ1v) is 10.8. The molecule has 3 N–H and O–H groups in total. The SMILES string of the molecule is NC(=O)C1CCN([C@H]2[C@@H]3OC[C@@H](O3)[C@@H](N(CC3CC3)CC3CC3)[C@@H]2O)CC1. The highest BCUT2D eigenvalue weighted by Crippen LogP contribution is 2.40. The van der Waals surface area contributed by atoms with E-state index in [9.17, 15) is 9.90 Å². The predicted molar refractivity (Wildman–Crippen MR) is 98.7 cm³/mol. The van der Waals surface area contributed by atoms with E-state index in [4.69, 9.17) is 15.2 Å². The number of likely N-dealkylation sites (tertiary alicyclic amines) is 1. The third kappa shape index (κ3) is 3.77. The monoisotopic (exact) mass is 379 g/mol. The van der Waals surface area contributed by atoms with Gasteiger partial charge in [0, 0.05) is 19.0 Å². The summed E-state index contributed by atoms with van der Waals surface area (Å²) in [5.41, 5.74) is 5.48. The van der Waals surface area contributed by atoms with Gasteiger partial charge in [0.15, 0.2) is 6.29 Å². The summed E-state index contributed by atoms with van der Waals surface area (Å²) in [5.74, 6) is 1.34. The number of nitrogens with zero attached hydrogens (tertiary/aromatic N) is 2. The van der Waals surface area contributed by atoms with Crippen LogP contribution in [0.4, 0.5) is 0 Å². The molecule has 0 radical (unpaired) electrons. The Kier molecular flexibility index (Phi) is 4.92. The molecule has 2 saturated carbocycles. The standard InChI is InChI=1S/C20H33N3O4/c21-19(25)14-5-7-22(8-6-14)17-18(24)16(15-11-26-20(17)27-15)23(9-12-1-2-12)10-13-3-4-13/h12-18,20,24H,1-11H2,(H2,21,25)/t15-,16-,17-,18+,20-/m1/s1. The van der Waals surface area contributed by atoms with Gasteiger partial charge in [-0.05, 0) is 63.5 Å². The Labute approximate surface area is 161 Å². The van der Waals surface area contributed by atoms with E-state index in [1.54, 1.807) is 0 Å². The Bertz CT molecular complexity index is 545. The van der Waals surface area contributed by atoms with Crippen molar-refractivity contribution < 1.29 is 19.4 Å². The van der Waals surface area contributed by atoms with Gasteiger partial charge in [0.2, 0.25) is 5.91 Å². The fraction of sp³-hybridized carbons (Fsp3) is 0.950. The van der Waals surface area contributed by atoms with Crippen LogP contribution in [0.25, 0.3) is 0 Å². The number of carbonyl (C=O) groups excluding carboxylic acids is 1. The smallest absolute Gasteiger partial charge is 0.220 e. The lowest BCUT2D eigenvalue weighted by molar-refractivity contribution is -0.201. The number of aliphatic hydroxyl groups excluding tert-OH is 1. The Morgan fingerprint density at radius 1 is 1.07 bits per heavy atom. The minimum absolute atomic E-state index is 0.0174. The fourth-order valence-corrected chi connectivity index (χ4v) is 5.29. The van der Waals surface area contributed by atoms with E-state index in [0.29, 0.717) is 6.61 Å². The summed E-state index contributed by atoms with van der Waals surface area (Å²) in [6.07, 6.45) is 5.94. The number of hydrogen-bond donors (Lipinski definition) is 2. The second-order valence-electron chi connectivity index (χ2n) is 9.40. The van der Waals surface area contributed by atoms with Gasteiger partial charge >= 0.3 is 0 Å². The maximum Gasteiger partial charge on any atom is 0.220 e. The molecule has 1 amide bonds. The van der Waals surface area contributed by atoms with Crippen LogP contribution in [0.3, 0.4) is 0 Å². The molecule has 5 fully saturated rings. The highest BCUT2D eigenvalue weighted by molar-refractivity contribution is 5.76. The summed E-state index contributed by atoms with van der Waals surface area (Å²) in [5, 5.41) is 11.4. The number of primary amides is 1. The van der Waals surface area contributed by atoms with Gasteiger partial charge in [-0.1, -0.05) is 0 Å². The van der Waals surface area contributed by atoms with E-state index >= 15 is 0 Å². The first-order valence-electron chi connectivity index (χ1n) is 10.8. The highest BCUT2D eigenvalue weighted by atomic mass is 16.7. The van der Waals surface area contributed by atoms with Gasteiger partial charge < -0.3 is 20.3 Å². The first-order chi connectivity index (χ1) is 13.1. The number of rotatable bonds is 7. The summed E-state index contributed by atoms with van der Waals surface area (Å²) >= 11 is 0. The topological polar surface area (TPSA) is 88.3 Å². The molecule has 5 aliphatic rings. The van der Waals surface area contributed by atoms with E-state index in [-0.39, 0.29) is 36.3 Å². The van der Waals surface area contributed by atoms with Crippen molar-refractivity contribution in [1.29, 1.82) is 0 Å². The van der Waals surface area contributed by atoms with E-state index < -0.39 is 6.10 Å². The number of hydrogen-bond acceptors (Lipinski definition) is 6. The van der Waals surface area contributed by atoms with Crippen LogP contribution < -0.4 is 5.73 Å². The average Bonchev–Trinajstić information content (AvgIpc) is 3.57. The quantitative estimate of drug-likeness (QED) is 0.655. The zero-order chi connectivity index (χ0) is 18.5. The van der Waals surface area contributed by atoms with Crippen molar-refractivity contribution in [3.8, 4) is 0 Å². The molecule has 5 rings (SSSR count). The molecule has 0 unspecified atom stereocenters. The normalized spacial score (nSPS) is 40.6. The van der Waals surface area contributed by atoms with Crippen molar-refractivity contribution >= 4 is 5.91 Å². The molecule has 0 spiro atoms. The number of carbonyl (C=O) groups is 1. The number of fused-ring (bicyclic) bond motifs is 2. The largest absolute Gasteiger partial charge is 0.390 e. The Morgan fingerprint density at radius 2 is 1.70 bits per heavy atom. The second kappa shape index (κ2) is 7.26. The lowest BCUT2D eigenvalue weighted by atomic mass is 9.89. The Hall–Kier alpha value is -0.730. The number of ether oxygens (including phenoxy) is 2. The summed E-state index contributed by atoms with van der Waals surface area (Å²) < 4.78 is 12.2. The lowest BCUT2D eigenvalue weighted by Crippen LogP contribution is -2.66. The van der Waals surface area contributed by atoms with Gasteiger partial charge in [-0.25, -0.2) is 0 Å². The van der Waals surface area contributed by atoms with Crippen LogP contribution in [0.2, 0.25) is 0 Å². The van der Waals surface area contributed by atoms with Crippen molar-refractivity contribution in [1.82, 2.24) is 9.80 Å². The number of nitrogens with two attached hydrogens (primary N) is 1. The molecule has 0 aromatic carbocycles. The van der Waals surface area contributed by atoms with Gasteiger partial charge in [0.05, 0.1) is 24.8 Å². The van der Waals surface area contributed by atoms with Crippen LogP contribution in [-0.2, 0) is 14.3 Å². The molecule has 3 saturated heterocycles. The molecule has 0 aromatic heterocycles. The zero-order valence-corrected chi connectivity index (χ0v) is 16.0. The van der Waals surface area contributed by atoms with Crippen LogP contribution >= 0.6 is 0 Å². The van der Waals surface area contributed by atoms with Crippen molar-refractivity contribution in [3.63, 3.8) is 0 Å². The predicted octanol–water partition coefficient (Wildman–Crippen LogP) is 0.159. The van der Waals surface area contributed by atoms with Gasteiger partial charge in [0.25, 0.3) is 0 Å². The number of piperidine rings is 1. The van der Waals surface area contributed by atoms with E-state index in [2.05, 4.69) is 9.80 Å². The van der Waals surface area contributed by atoms with Gasteiger partial charge in [-0.15, -0.1) is 0 Å². The maximum absolute atomic E-state index is 11.5. The molecule has 5 atom stereocenters. The molecule has 2 aliphatic carbocycles. The molecular weight excluding hydrogens is 346 g/mol. The average molecular weight is 380 g/mol. The molecule has 3 aliphatic heterocycles.